The minimum absolute atomic E-state index is 0.0780. The van der Waals surface area contributed by atoms with Crippen LogP contribution in [0.1, 0.15) is 30.9 Å². The van der Waals surface area contributed by atoms with Gasteiger partial charge >= 0.3 is 0 Å². The Morgan fingerprint density at radius 3 is 2.67 bits per heavy atom. The highest BCUT2D eigenvalue weighted by Gasteiger charge is 2.28. The van der Waals surface area contributed by atoms with Gasteiger partial charge in [0.05, 0.1) is 12.6 Å². The lowest BCUT2D eigenvalue weighted by molar-refractivity contribution is 0.0626. The molecule has 1 heterocycles. The molecule has 0 aromatic heterocycles. The molecule has 0 saturated carbocycles. The van der Waals surface area contributed by atoms with E-state index in [0.29, 0.717) is 6.42 Å². The van der Waals surface area contributed by atoms with E-state index >= 15 is 0 Å². The standard InChI is InChI=1S/C14H19F2NO/c15-14(16)10-17-8-4-7-12(17)9-13(18)11-5-2-1-3-6-11/h1-3,5-6,12-14,18H,4,7-10H2. The Labute approximate surface area is 106 Å². The fourth-order valence-corrected chi connectivity index (χ4v) is 2.65. The summed E-state index contributed by atoms with van der Waals surface area (Å²) in [6.07, 6.45) is -0.472. The normalized spacial score (nSPS) is 22.6. The number of likely N-dealkylation sites (tertiary alicyclic amines) is 1. The first-order chi connectivity index (χ1) is 8.66. The van der Waals surface area contributed by atoms with E-state index in [0.717, 1.165) is 24.9 Å². The molecule has 0 amide bonds. The third kappa shape index (κ3) is 3.50. The molecule has 18 heavy (non-hydrogen) atoms. The van der Waals surface area contributed by atoms with Crippen molar-refractivity contribution in [2.75, 3.05) is 13.1 Å². The van der Waals surface area contributed by atoms with E-state index in [4.69, 9.17) is 0 Å². The lowest BCUT2D eigenvalue weighted by Crippen LogP contribution is -2.34. The summed E-state index contributed by atoms with van der Waals surface area (Å²) in [5.41, 5.74) is 0.862. The molecule has 1 N–H and O–H groups in total. The molecule has 1 fully saturated rings. The van der Waals surface area contributed by atoms with Crippen molar-refractivity contribution in [3.05, 3.63) is 35.9 Å². The van der Waals surface area contributed by atoms with Gasteiger partial charge in [-0.25, -0.2) is 8.78 Å². The second-order valence-corrected chi connectivity index (χ2v) is 4.84. The van der Waals surface area contributed by atoms with E-state index in [2.05, 4.69) is 0 Å². The second-order valence-electron chi connectivity index (χ2n) is 4.84. The zero-order valence-electron chi connectivity index (χ0n) is 10.3. The molecule has 4 heteroatoms. The van der Waals surface area contributed by atoms with Crippen molar-refractivity contribution in [1.29, 1.82) is 0 Å². The summed E-state index contributed by atoms with van der Waals surface area (Å²) in [7, 11) is 0. The summed E-state index contributed by atoms with van der Waals surface area (Å²) in [4.78, 5) is 1.80. The number of rotatable bonds is 5. The maximum absolute atomic E-state index is 12.4. The first kappa shape index (κ1) is 13.4. The van der Waals surface area contributed by atoms with Crippen molar-refractivity contribution >= 4 is 0 Å². The fourth-order valence-electron chi connectivity index (χ4n) is 2.65. The van der Waals surface area contributed by atoms with Crippen molar-refractivity contribution in [2.45, 2.75) is 37.8 Å². The van der Waals surface area contributed by atoms with Crippen molar-refractivity contribution in [2.24, 2.45) is 0 Å². The van der Waals surface area contributed by atoms with Crippen LogP contribution in [-0.2, 0) is 0 Å². The van der Waals surface area contributed by atoms with Gasteiger partial charge in [-0.05, 0) is 31.4 Å². The number of nitrogens with zero attached hydrogens (tertiary/aromatic N) is 1. The number of halogens is 2. The highest BCUT2D eigenvalue weighted by Crippen LogP contribution is 2.27. The third-order valence-electron chi connectivity index (χ3n) is 3.55. The first-order valence-electron chi connectivity index (χ1n) is 6.42. The lowest BCUT2D eigenvalue weighted by Gasteiger charge is -2.26. The molecule has 0 radical (unpaired) electrons. The molecule has 1 aromatic carbocycles. The molecule has 0 aliphatic carbocycles. The van der Waals surface area contributed by atoms with Crippen LogP contribution in [-0.4, -0.2) is 35.6 Å². The van der Waals surface area contributed by atoms with E-state index in [1.54, 1.807) is 4.90 Å². The molecule has 1 aliphatic heterocycles. The molecule has 1 saturated heterocycles. The van der Waals surface area contributed by atoms with Crippen LogP contribution in [0.5, 0.6) is 0 Å². The van der Waals surface area contributed by atoms with Crippen LogP contribution in [0.2, 0.25) is 0 Å². The Morgan fingerprint density at radius 2 is 2.00 bits per heavy atom. The van der Waals surface area contributed by atoms with Gasteiger partial charge in [0, 0.05) is 6.04 Å². The third-order valence-corrected chi connectivity index (χ3v) is 3.55. The van der Waals surface area contributed by atoms with Gasteiger partial charge in [0.2, 0.25) is 0 Å². The number of hydrogen-bond acceptors (Lipinski definition) is 2. The summed E-state index contributed by atoms with van der Waals surface area (Å²) < 4.78 is 24.8. The highest BCUT2D eigenvalue weighted by atomic mass is 19.3. The summed E-state index contributed by atoms with van der Waals surface area (Å²) in [5.74, 6) is 0. The summed E-state index contributed by atoms with van der Waals surface area (Å²) in [5, 5.41) is 10.1. The Hall–Kier alpha value is -1.00. The second kappa shape index (κ2) is 6.25. The number of aliphatic hydroxyl groups is 1. The van der Waals surface area contributed by atoms with E-state index in [-0.39, 0.29) is 12.6 Å². The monoisotopic (exact) mass is 255 g/mol. The Balaban J connectivity index is 1.92. The van der Waals surface area contributed by atoms with Gasteiger partial charge < -0.3 is 5.11 Å². The van der Waals surface area contributed by atoms with Crippen LogP contribution in [0.3, 0.4) is 0 Å². The van der Waals surface area contributed by atoms with Crippen LogP contribution in [0.4, 0.5) is 8.78 Å². The topological polar surface area (TPSA) is 23.5 Å². The van der Waals surface area contributed by atoms with Crippen LogP contribution in [0.15, 0.2) is 30.3 Å². The first-order valence-corrected chi connectivity index (χ1v) is 6.42. The van der Waals surface area contributed by atoms with Gasteiger partial charge in [0.25, 0.3) is 6.43 Å². The van der Waals surface area contributed by atoms with Crippen molar-refractivity contribution in [3.63, 3.8) is 0 Å². The largest absolute Gasteiger partial charge is 0.388 e. The molecule has 2 nitrogen and oxygen atoms in total. The van der Waals surface area contributed by atoms with E-state index in [1.165, 1.54) is 0 Å². The molecule has 2 atom stereocenters. The molecule has 2 unspecified atom stereocenters. The smallest absolute Gasteiger partial charge is 0.251 e. The summed E-state index contributed by atoms with van der Waals surface area (Å²) in [6, 6.07) is 9.48. The maximum atomic E-state index is 12.4. The Bertz CT molecular complexity index is 358. The predicted octanol–water partition coefficient (Wildman–Crippen LogP) is 2.84. The molecule has 100 valence electrons. The molecular formula is C14H19F2NO. The van der Waals surface area contributed by atoms with Crippen molar-refractivity contribution in [3.8, 4) is 0 Å². The zero-order valence-corrected chi connectivity index (χ0v) is 10.3. The lowest BCUT2D eigenvalue weighted by atomic mass is 10.0. The molecule has 0 bridgehead atoms. The average Bonchev–Trinajstić information content (AvgIpc) is 2.77. The maximum Gasteiger partial charge on any atom is 0.251 e. The SMILES string of the molecule is OC(CC1CCCN1CC(F)F)c1ccccc1. The minimum atomic E-state index is -2.29. The molecule has 2 rings (SSSR count). The van der Waals surface area contributed by atoms with Gasteiger partial charge in [-0.3, -0.25) is 4.90 Å². The van der Waals surface area contributed by atoms with Crippen LogP contribution < -0.4 is 0 Å². The van der Waals surface area contributed by atoms with Gasteiger partial charge in [0.15, 0.2) is 0 Å². The van der Waals surface area contributed by atoms with Crippen LogP contribution >= 0.6 is 0 Å². The molecule has 1 aliphatic rings. The predicted molar refractivity (Wildman–Crippen MR) is 66.6 cm³/mol. The fraction of sp³-hybridized carbons (Fsp3) is 0.571. The summed E-state index contributed by atoms with van der Waals surface area (Å²) >= 11 is 0. The van der Waals surface area contributed by atoms with E-state index in [1.807, 2.05) is 30.3 Å². The highest BCUT2D eigenvalue weighted by molar-refractivity contribution is 5.17. The number of hydrogen-bond donors (Lipinski definition) is 1. The van der Waals surface area contributed by atoms with Crippen molar-refractivity contribution < 1.29 is 13.9 Å². The van der Waals surface area contributed by atoms with Gasteiger partial charge in [0.1, 0.15) is 0 Å². The summed E-state index contributed by atoms with van der Waals surface area (Å²) in [6.45, 7) is 0.544. The Morgan fingerprint density at radius 1 is 1.28 bits per heavy atom. The minimum Gasteiger partial charge on any atom is -0.388 e. The van der Waals surface area contributed by atoms with Crippen LogP contribution in [0, 0.1) is 0 Å². The van der Waals surface area contributed by atoms with Gasteiger partial charge in [-0.15, -0.1) is 0 Å². The Kier molecular flexibility index (Phi) is 4.66. The number of aliphatic hydroxyl groups excluding tert-OH is 1. The molecular weight excluding hydrogens is 236 g/mol. The number of benzene rings is 1. The quantitative estimate of drug-likeness (QED) is 0.874. The van der Waals surface area contributed by atoms with E-state index < -0.39 is 12.5 Å². The van der Waals surface area contributed by atoms with Crippen molar-refractivity contribution in [1.82, 2.24) is 4.90 Å². The van der Waals surface area contributed by atoms with Crippen LogP contribution in [0.25, 0.3) is 0 Å². The van der Waals surface area contributed by atoms with E-state index in [9.17, 15) is 13.9 Å². The number of alkyl halides is 2. The zero-order chi connectivity index (χ0) is 13.0. The molecule has 1 aromatic rings. The van der Waals surface area contributed by atoms with Gasteiger partial charge in [-0.1, -0.05) is 30.3 Å². The van der Waals surface area contributed by atoms with Gasteiger partial charge in [-0.2, -0.15) is 0 Å². The average molecular weight is 255 g/mol. The molecule has 0 spiro atoms.